The number of aliphatic hydroxyl groups is 1. The maximum atomic E-state index is 11.3. The minimum absolute atomic E-state index is 0.161. The zero-order valence-electron chi connectivity index (χ0n) is 13.5. The summed E-state index contributed by atoms with van der Waals surface area (Å²) in [6.07, 6.45) is 0.622. The highest BCUT2D eigenvalue weighted by molar-refractivity contribution is 8.03. The minimum Gasteiger partial charge on any atom is -0.479 e. The Morgan fingerprint density at radius 3 is 2.57 bits per heavy atom. The number of fused-ring (bicyclic) bond motifs is 1. The lowest BCUT2D eigenvalue weighted by Gasteiger charge is -2.25. The molecule has 0 fully saturated rings. The Balaban J connectivity index is 1.89. The molecule has 0 bridgehead atoms. The van der Waals surface area contributed by atoms with Crippen molar-refractivity contribution < 1.29 is 15.0 Å². The highest BCUT2D eigenvalue weighted by atomic mass is 32.2. The molecule has 0 heterocycles. The molecule has 0 aromatic heterocycles. The Morgan fingerprint density at radius 2 is 1.91 bits per heavy atom. The van der Waals surface area contributed by atoms with Gasteiger partial charge >= 0.3 is 5.97 Å². The molecular formula is C18H23O3PS. The summed E-state index contributed by atoms with van der Waals surface area (Å²) in [6, 6.07) is 14.6. The van der Waals surface area contributed by atoms with E-state index in [0.717, 1.165) is 5.49 Å². The van der Waals surface area contributed by atoms with Crippen LogP contribution in [-0.4, -0.2) is 33.4 Å². The Kier molecular flexibility index (Phi) is 6.46. The highest BCUT2D eigenvalue weighted by Crippen LogP contribution is 2.32. The van der Waals surface area contributed by atoms with Gasteiger partial charge in [0.25, 0.3) is 0 Å². The van der Waals surface area contributed by atoms with E-state index in [1.807, 2.05) is 26.0 Å². The first-order chi connectivity index (χ1) is 10.9. The van der Waals surface area contributed by atoms with Gasteiger partial charge in [0.1, 0.15) is 0 Å². The molecular weight excluding hydrogens is 327 g/mol. The molecule has 0 spiro atoms. The van der Waals surface area contributed by atoms with Crippen molar-refractivity contribution in [2.24, 2.45) is 5.92 Å². The van der Waals surface area contributed by atoms with Crippen molar-refractivity contribution in [3.05, 3.63) is 42.5 Å². The summed E-state index contributed by atoms with van der Waals surface area (Å²) in [5.41, 5.74) is -0.761. The summed E-state index contributed by atoms with van der Waals surface area (Å²) in [7, 11) is 0.411. The summed E-state index contributed by atoms with van der Waals surface area (Å²) >= 11 is 1.71. The van der Waals surface area contributed by atoms with Crippen molar-refractivity contribution in [3.63, 3.8) is 0 Å². The lowest BCUT2D eigenvalue weighted by Crippen LogP contribution is -2.42. The zero-order valence-corrected chi connectivity index (χ0v) is 15.3. The maximum absolute atomic E-state index is 11.3. The number of rotatable bonds is 8. The van der Waals surface area contributed by atoms with Gasteiger partial charge in [0.2, 0.25) is 0 Å². The smallest absolute Gasteiger partial charge is 0.336 e. The van der Waals surface area contributed by atoms with Crippen molar-refractivity contribution >= 4 is 37.1 Å². The van der Waals surface area contributed by atoms with E-state index in [1.54, 1.807) is 11.8 Å². The van der Waals surface area contributed by atoms with Gasteiger partial charge in [-0.25, -0.2) is 4.79 Å². The van der Waals surface area contributed by atoms with Gasteiger partial charge < -0.3 is 10.2 Å². The van der Waals surface area contributed by atoms with Crippen LogP contribution in [-0.2, 0) is 4.79 Å². The largest absolute Gasteiger partial charge is 0.479 e. The van der Waals surface area contributed by atoms with Gasteiger partial charge in [-0.2, -0.15) is 0 Å². The molecule has 0 saturated carbocycles. The fraction of sp³-hybridized carbons (Fsp3) is 0.389. The number of benzene rings is 2. The molecule has 2 unspecified atom stereocenters. The van der Waals surface area contributed by atoms with Crippen LogP contribution in [0.3, 0.4) is 0 Å². The van der Waals surface area contributed by atoms with E-state index < -0.39 is 11.6 Å². The number of carboxylic acid groups (broad SMARTS) is 1. The van der Waals surface area contributed by atoms with E-state index in [4.69, 9.17) is 0 Å². The normalized spacial score (nSPS) is 14.6. The number of hydrogen-bond donors (Lipinski definition) is 2. The lowest BCUT2D eigenvalue weighted by atomic mass is 9.94. The Morgan fingerprint density at radius 1 is 1.22 bits per heavy atom. The average Bonchev–Trinajstić information content (AvgIpc) is 2.50. The Bertz CT molecular complexity index is 674. The van der Waals surface area contributed by atoms with Crippen LogP contribution >= 0.6 is 20.3 Å². The molecule has 23 heavy (non-hydrogen) atoms. The van der Waals surface area contributed by atoms with Gasteiger partial charge in [-0.05, 0) is 35.2 Å². The molecule has 0 aliphatic heterocycles. The van der Waals surface area contributed by atoms with Gasteiger partial charge in [0, 0.05) is 16.6 Å². The second-order valence-electron chi connectivity index (χ2n) is 6.16. The summed E-state index contributed by atoms with van der Waals surface area (Å²) < 4.78 is 0. The van der Waals surface area contributed by atoms with Crippen molar-refractivity contribution in [2.45, 2.75) is 30.8 Å². The van der Waals surface area contributed by atoms with Crippen LogP contribution in [0.25, 0.3) is 10.8 Å². The van der Waals surface area contributed by atoms with E-state index in [2.05, 4.69) is 30.3 Å². The first-order valence-electron chi connectivity index (χ1n) is 7.69. The molecule has 2 N–H and O–H groups in total. The Labute approximate surface area is 143 Å². The van der Waals surface area contributed by atoms with Crippen LogP contribution in [0.1, 0.15) is 20.3 Å². The van der Waals surface area contributed by atoms with Crippen LogP contribution in [0.15, 0.2) is 47.4 Å². The zero-order chi connectivity index (χ0) is 16.9. The first-order valence-corrected chi connectivity index (χ1v) is 10.1. The van der Waals surface area contributed by atoms with Crippen LogP contribution in [0.4, 0.5) is 0 Å². The second-order valence-corrected chi connectivity index (χ2v) is 8.93. The third-order valence-corrected chi connectivity index (χ3v) is 6.44. The fourth-order valence-electron chi connectivity index (χ4n) is 2.56. The van der Waals surface area contributed by atoms with Crippen molar-refractivity contribution in [1.82, 2.24) is 0 Å². The van der Waals surface area contributed by atoms with E-state index in [1.165, 1.54) is 15.7 Å². The molecule has 0 amide bonds. The average molecular weight is 350 g/mol. The second kappa shape index (κ2) is 8.14. The summed E-state index contributed by atoms with van der Waals surface area (Å²) in [5, 5.41) is 22.0. The van der Waals surface area contributed by atoms with E-state index in [-0.39, 0.29) is 5.92 Å². The SMILES string of the molecule is CC(C)CC(O)(CPCSc1ccc2ccccc2c1)C(=O)O. The minimum atomic E-state index is -1.59. The molecule has 2 aromatic carbocycles. The number of aliphatic carboxylic acids is 1. The predicted octanol–water partition coefficient (Wildman–Crippen LogP) is 4.43. The first kappa shape index (κ1) is 18.3. The third-order valence-electron chi connectivity index (χ3n) is 3.62. The topological polar surface area (TPSA) is 57.5 Å². The predicted molar refractivity (Wildman–Crippen MR) is 99.9 cm³/mol. The van der Waals surface area contributed by atoms with Crippen LogP contribution in [0, 0.1) is 5.92 Å². The number of carbonyl (C=O) groups is 1. The van der Waals surface area contributed by atoms with E-state index in [9.17, 15) is 15.0 Å². The quantitative estimate of drug-likeness (QED) is 0.420. The van der Waals surface area contributed by atoms with Gasteiger partial charge in [-0.3, -0.25) is 0 Å². The highest BCUT2D eigenvalue weighted by Gasteiger charge is 2.35. The van der Waals surface area contributed by atoms with Gasteiger partial charge in [0.15, 0.2) is 5.60 Å². The Hall–Kier alpha value is -1.09. The lowest BCUT2D eigenvalue weighted by molar-refractivity contribution is -0.157. The van der Waals surface area contributed by atoms with Gasteiger partial charge in [0.05, 0.1) is 0 Å². The molecule has 2 aromatic rings. The maximum Gasteiger partial charge on any atom is 0.336 e. The molecule has 3 nitrogen and oxygen atoms in total. The molecule has 5 heteroatoms. The number of hydrogen-bond acceptors (Lipinski definition) is 3. The van der Waals surface area contributed by atoms with Crippen molar-refractivity contribution in [2.75, 3.05) is 11.7 Å². The molecule has 124 valence electrons. The molecule has 0 aliphatic rings. The third kappa shape index (κ3) is 5.20. The van der Waals surface area contributed by atoms with Crippen LogP contribution in [0.2, 0.25) is 0 Å². The summed E-state index contributed by atoms with van der Waals surface area (Å²) in [5.74, 6) is -0.941. The molecule has 0 aliphatic carbocycles. The van der Waals surface area contributed by atoms with E-state index >= 15 is 0 Å². The molecule has 2 rings (SSSR count). The summed E-state index contributed by atoms with van der Waals surface area (Å²) in [6.45, 7) is 3.86. The monoisotopic (exact) mass is 350 g/mol. The molecule has 0 radical (unpaired) electrons. The standard InChI is InChI=1S/C18H23O3PS/c1-13(2)10-18(21,17(19)20)11-22-12-23-16-8-7-14-5-3-4-6-15(14)9-16/h3-9,13,21-22H,10-12H2,1-2H3,(H,19,20). The number of thioether (sulfide) groups is 1. The summed E-state index contributed by atoms with van der Waals surface area (Å²) in [4.78, 5) is 12.5. The molecule has 2 atom stereocenters. The van der Waals surface area contributed by atoms with Crippen molar-refractivity contribution in [1.29, 1.82) is 0 Å². The van der Waals surface area contributed by atoms with Crippen LogP contribution < -0.4 is 0 Å². The van der Waals surface area contributed by atoms with Crippen molar-refractivity contribution in [3.8, 4) is 0 Å². The van der Waals surface area contributed by atoms with Gasteiger partial charge in [-0.15, -0.1) is 20.3 Å². The fourth-order valence-corrected chi connectivity index (χ4v) is 5.13. The molecule has 0 saturated heterocycles. The van der Waals surface area contributed by atoms with Gasteiger partial charge in [-0.1, -0.05) is 44.2 Å². The van der Waals surface area contributed by atoms with E-state index in [0.29, 0.717) is 21.2 Å². The van der Waals surface area contributed by atoms with Crippen LogP contribution in [0.5, 0.6) is 0 Å². The number of carboxylic acids is 1.